The smallest absolute Gasteiger partial charge is 0.410 e. The number of ether oxygens (including phenoxy) is 2. The quantitative estimate of drug-likeness (QED) is 0.733. The summed E-state index contributed by atoms with van der Waals surface area (Å²) in [6.45, 7) is 11.8. The number of nitrogens with zero attached hydrogens (tertiary/aromatic N) is 1. The van der Waals surface area contributed by atoms with Crippen LogP contribution in [0.5, 0.6) is 0 Å². The van der Waals surface area contributed by atoms with Crippen molar-refractivity contribution in [1.29, 1.82) is 0 Å². The van der Waals surface area contributed by atoms with E-state index in [1.165, 1.54) is 0 Å². The van der Waals surface area contributed by atoms with Crippen LogP contribution in [0.1, 0.15) is 34.6 Å². The number of likely N-dealkylation sites (tertiary alicyclic amines) is 1. The minimum Gasteiger partial charge on any atom is -0.444 e. The van der Waals surface area contributed by atoms with Crippen LogP contribution in [0.4, 0.5) is 4.79 Å². The number of rotatable bonds is 2. The molecule has 1 rings (SSSR count). The second-order valence-electron chi connectivity index (χ2n) is 4.71. The van der Waals surface area contributed by atoms with E-state index in [1.54, 1.807) is 12.0 Å². The molecule has 0 unspecified atom stereocenters. The summed E-state index contributed by atoms with van der Waals surface area (Å²) < 4.78 is 10.2. The summed E-state index contributed by atoms with van der Waals surface area (Å²) in [5, 5.41) is 0. The number of hydrogen-bond donors (Lipinski definition) is 0. The molecule has 4 nitrogen and oxygen atoms in total. The van der Waals surface area contributed by atoms with Gasteiger partial charge in [-0.25, -0.2) is 4.79 Å². The van der Waals surface area contributed by atoms with Crippen molar-refractivity contribution < 1.29 is 14.3 Å². The Morgan fingerprint density at radius 3 is 2.19 bits per heavy atom. The number of hydrogen-bond acceptors (Lipinski definition) is 3. The van der Waals surface area contributed by atoms with Gasteiger partial charge >= 0.3 is 6.09 Å². The molecule has 0 bridgehead atoms. The van der Waals surface area contributed by atoms with Crippen molar-refractivity contribution in [1.82, 2.24) is 4.90 Å². The zero-order valence-electron chi connectivity index (χ0n) is 11.4. The zero-order chi connectivity index (χ0) is 12.8. The predicted molar refractivity (Wildman–Crippen MR) is 64.5 cm³/mol. The van der Waals surface area contributed by atoms with Gasteiger partial charge in [-0.1, -0.05) is 13.8 Å². The number of amides is 1. The van der Waals surface area contributed by atoms with E-state index in [2.05, 4.69) is 0 Å². The maximum absolute atomic E-state index is 11.5. The van der Waals surface area contributed by atoms with Gasteiger partial charge in [0.1, 0.15) is 5.60 Å². The first-order valence-corrected chi connectivity index (χ1v) is 5.89. The van der Waals surface area contributed by atoms with Crippen LogP contribution in [-0.4, -0.2) is 43.4 Å². The Labute approximate surface area is 98.9 Å². The van der Waals surface area contributed by atoms with Gasteiger partial charge in [-0.15, -0.1) is 0 Å². The van der Waals surface area contributed by atoms with Gasteiger partial charge in [0.15, 0.2) is 0 Å². The molecular weight excluding hydrogens is 206 g/mol. The van der Waals surface area contributed by atoms with Crippen LogP contribution in [-0.2, 0) is 9.47 Å². The Bertz CT molecular complexity index is 205. The van der Waals surface area contributed by atoms with Gasteiger partial charge < -0.3 is 14.4 Å². The van der Waals surface area contributed by atoms with Gasteiger partial charge in [-0.2, -0.15) is 0 Å². The average Bonchev–Trinajstić information content (AvgIpc) is 2.10. The molecule has 0 aromatic rings. The Hall–Kier alpha value is -0.770. The maximum Gasteiger partial charge on any atom is 0.410 e. The Morgan fingerprint density at radius 1 is 1.31 bits per heavy atom. The van der Waals surface area contributed by atoms with Gasteiger partial charge in [0, 0.05) is 26.1 Å². The standard InChI is InChI=1S/C10H19NO3.C2H6/c1-10(2,3)14-9(12)11-5-8(6-11)7-13-4;1-2/h8H,5-7H2,1-4H3;1-2H3. The molecule has 0 aromatic heterocycles. The van der Waals surface area contributed by atoms with E-state index in [4.69, 9.17) is 9.47 Å². The molecular formula is C12H25NO3. The molecule has 1 aliphatic heterocycles. The fourth-order valence-electron chi connectivity index (χ4n) is 1.39. The molecule has 0 aliphatic carbocycles. The number of carbonyl (C=O) groups excluding carboxylic acids is 1. The van der Waals surface area contributed by atoms with Crippen molar-refractivity contribution in [2.45, 2.75) is 40.2 Å². The molecule has 16 heavy (non-hydrogen) atoms. The summed E-state index contributed by atoms with van der Waals surface area (Å²) in [6, 6.07) is 0. The van der Waals surface area contributed by atoms with Crippen LogP contribution < -0.4 is 0 Å². The monoisotopic (exact) mass is 231 g/mol. The third-order valence-electron chi connectivity index (χ3n) is 2.01. The van der Waals surface area contributed by atoms with Crippen LogP contribution in [0.3, 0.4) is 0 Å². The summed E-state index contributed by atoms with van der Waals surface area (Å²) in [7, 11) is 1.68. The Kier molecular flexibility index (Phi) is 6.41. The van der Waals surface area contributed by atoms with Crippen LogP contribution in [0.25, 0.3) is 0 Å². The third-order valence-corrected chi connectivity index (χ3v) is 2.01. The van der Waals surface area contributed by atoms with Crippen molar-refractivity contribution in [3.05, 3.63) is 0 Å². The van der Waals surface area contributed by atoms with Gasteiger partial charge in [-0.05, 0) is 20.8 Å². The Morgan fingerprint density at radius 2 is 1.81 bits per heavy atom. The number of methoxy groups -OCH3 is 1. The van der Waals surface area contributed by atoms with E-state index in [9.17, 15) is 4.79 Å². The Balaban J connectivity index is 0.00000106. The van der Waals surface area contributed by atoms with Crippen molar-refractivity contribution in [2.75, 3.05) is 26.8 Å². The molecule has 0 saturated carbocycles. The SMILES string of the molecule is CC.COCC1CN(C(=O)OC(C)(C)C)C1. The highest BCUT2D eigenvalue weighted by Crippen LogP contribution is 2.19. The van der Waals surface area contributed by atoms with E-state index < -0.39 is 5.60 Å². The first-order chi connectivity index (χ1) is 7.42. The highest BCUT2D eigenvalue weighted by atomic mass is 16.6. The zero-order valence-corrected chi connectivity index (χ0v) is 11.4. The van der Waals surface area contributed by atoms with E-state index >= 15 is 0 Å². The second kappa shape index (κ2) is 6.74. The van der Waals surface area contributed by atoms with Gasteiger partial charge in [0.05, 0.1) is 6.61 Å². The summed E-state index contributed by atoms with van der Waals surface area (Å²) in [6.07, 6.45) is -0.218. The van der Waals surface area contributed by atoms with Crippen LogP contribution >= 0.6 is 0 Å². The molecule has 1 amide bonds. The van der Waals surface area contributed by atoms with Crippen LogP contribution in [0, 0.1) is 5.92 Å². The van der Waals surface area contributed by atoms with E-state index in [0.29, 0.717) is 5.92 Å². The summed E-state index contributed by atoms with van der Waals surface area (Å²) in [5.41, 5.74) is -0.399. The van der Waals surface area contributed by atoms with Crippen LogP contribution in [0.2, 0.25) is 0 Å². The number of carbonyl (C=O) groups is 1. The third kappa shape index (κ3) is 5.35. The largest absolute Gasteiger partial charge is 0.444 e. The lowest BCUT2D eigenvalue weighted by Gasteiger charge is -2.39. The summed E-state index contributed by atoms with van der Waals surface area (Å²) >= 11 is 0. The minimum atomic E-state index is -0.399. The van der Waals surface area contributed by atoms with Crippen LogP contribution in [0.15, 0.2) is 0 Å². The molecule has 4 heteroatoms. The molecule has 0 spiro atoms. The van der Waals surface area contributed by atoms with Gasteiger partial charge in [-0.3, -0.25) is 0 Å². The molecule has 1 saturated heterocycles. The van der Waals surface area contributed by atoms with E-state index in [0.717, 1.165) is 19.7 Å². The molecule has 1 aliphatic rings. The first-order valence-electron chi connectivity index (χ1n) is 5.89. The normalized spacial score (nSPS) is 16.0. The fourth-order valence-corrected chi connectivity index (χ4v) is 1.39. The van der Waals surface area contributed by atoms with Crippen molar-refractivity contribution in [3.8, 4) is 0 Å². The average molecular weight is 231 g/mol. The maximum atomic E-state index is 11.5. The van der Waals surface area contributed by atoms with Gasteiger partial charge in [0.2, 0.25) is 0 Å². The predicted octanol–water partition coefficient (Wildman–Crippen LogP) is 2.53. The van der Waals surface area contributed by atoms with Crippen molar-refractivity contribution in [2.24, 2.45) is 5.92 Å². The molecule has 1 fully saturated rings. The highest BCUT2D eigenvalue weighted by Gasteiger charge is 2.33. The summed E-state index contributed by atoms with van der Waals surface area (Å²) in [4.78, 5) is 13.2. The lowest BCUT2D eigenvalue weighted by Crippen LogP contribution is -2.52. The molecule has 0 N–H and O–H groups in total. The highest BCUT2D eigenvalue weighted by molar-refractivity contribution is 5.69. The van der Waals surface area contributed by atoms with Gasteiger partial charge in [0.25, 0.3) is 0 Å². The summed E-state index contributed by atoms with van der Waals surface area (Å²) in [5.74, 6) is 0.479. The second-order valence-corrected chi connectivity index (χ2v) is 4.71. The molecule has 96 valence electrons. The molecule has 0 aromatic carbocycles. The van der Waals surface area contributed by atoms with Crippen molar-refractivity contribution >= 4 is 6.09 Å². The minimum absolute atomic E-state index is 0.218. The van der Waals surface area contributed by atoms with Crippen molar-refractivity contribution in [3.63, 3.8) is 0 Å². The molecule has 0 radical (unpaired) electrons. The lowest BCUT2D eigenvalue weighted by atomic mass is 10.0. The topological polar surface area (TPSA) is 38.8 Å². The van der Waals surface area contributed by atoms with E-state index in [1.807, 2.05) is 34.6 Å². The first kappa shape index (κ1) is 15.2. The molecule has 1 heterocycles. The fraction of sp³-hybridized carbons (Fsp3) is 0.917. The molecule has 0 atom stereocenters. The lowest BCUT2D eigenvalue weighted by molar-refractivity contribution is -0.0144. The van der Waals surface area contributed by atoms with E-state index in [-0.39, 0.29) is 6.09 Å².